The van der Waals surface area contributed by atoms with E-state index in [9.17, 15) is 0 Å². The standard InChI is InChI=1S/C11H22N2/c1-13(2)8-7-12-9-11(5-6-11)10-3-4-10/h10,12H,3-9H2,1-2H3. The maximum Gasteiger partial charge on any atom is 0.0101 e. The molecule has 2 saturated carbocycles. The molecule has 0 amide bonds. The minimum atomic E-state index is 0.770. The van der Waals surface area contributed by atoms with Crippen LogP contribution in [0.15, 0.2) is 0 Å². The van der Waals surface area contributed by atoms with E-state index < -0.39 is 0 Å². The fraction of sp³-hybridized carbons (Fsp3) is 1.00. The van der Waals surface area contributed by atoms with Crippen molar-refractivity contribution in [2.24, 2.45) is 11.3 Å². The van der Waals surface area contributed by atoms with Crippen LogP contribution in [-0.4, -0.2) is 38.6 Å². The third-order valence-corrected chi connectivity index (χ3v) is 3.55. The van der Waals surface area contributed by atoms with Crippen molar-refractivity contribution in [3.63, 3.8) is 0 Å². The van der Waals surface area contributed by atoms with E-state index in [2.05, 4.69) is 24.3 Å². The summed E-state index contributed by atoms with van der Waals surface area (Å²) < 4.78 is 0. The lowest BCUT2D eigenvalue weighted by Crippen LogP contribution is -2.31. The topological polar surface area (TPSA) is 15.3 Å². The van der Waals surface area contributed by atoms with Gasteiger partial charge in [0.2, 0.25) is 0 Å². The van der Waals surface area contributed by atoms with Gasteiger partial charge in [-0.2, -0.15) is 0 Å². The first kappa shape index (κ1) is 9.47. The van der Waals surface area contributed by atoms with Crippen molar-refractivity contribution in [2.45, 2.75) is 25.7 Å². The number of nitrogens with one attached hydrogen (secondary N) is 1. The van der Waals surface area contributed by atoms with Crippen LogP contribution in [0.2, 0.25) is 0 Å². The third kappa shape index (κ3) is 2.44. The van der Waals surface area contributed by atoms with E-state index in [4.69, 9.17) is 0 Å². The largest absolute Gasteiger partial charge is 0.315 e. The molecule has 0 aromatic rings. The van der Waals surface area contributed by atoms with Crippen molar-refractivity contribution in [3.8, 4) is 0 Å². The Kier molecular flexibility index (Phi) is 2.61. The van der Waals surface area contributed by atoms with Crippen LogP contribution in [0.25, 0.3) is 0 Å². The molecule has 0 atom stereocenters. The number of nitrogens with zero attached hydrogens (tertiary/aromatic N) is 1. The van der Waals surface area contributed by atoms with Gasteiger partial charge in [-0.15, -0.1) is 0 Å². The van der Waals surface area contributed by atoms with Gasteiger partial charge in [-0.1, -0.05) is 0 Å². The lowest BCUT2D eigenvalue weighted by Gasteiger charge is -2.16. The Labute approximate surface area is 81.7 Å². The molecule has 2 heteroatoms. The monoisotopic (exact) mass is 182 g/mol. The van der Waals surface area contributed by atoms with E-state index in [1.54, 1.807) is 0 Å². The van der Waals surface area contributed by atoms with Crippen LogP contribution >= 0.6 is 0 Å². The van der Waals surface area contributed by atoms with Crippen LogP contribution < -0.4 is 5.32 Å². The van der Waals surface area contributed by atoms with Crippen molar-refractivity contribution >= 4 is 0 Å². The van der Waals surface area contributed by atoms with Crippen LogP contribution in [0.5, 0.6) is 0 Å². The molecule has 2 aliphatic carbocycles. The lowest BCUT2D eigenvalue weighted by atomic mass is 10.0. The van der Waals surface area contributed by atoms with Crippen molar-refractivity contribution in [2.75, 3.05) is 33.7 Å². The van der Waals surface area contributed by atoms with Gasteiger partial charge in [0.15, 0.2) is 0 Å². The molecule has 0 spiro atoms. The average Bonchev–Trinajstić information content (AvgIpc) is 2.88. The predicted octanol–water partition coefficient (Wildman–Crippen LogP) is 1.33. The number of rotatable bonds is 6. The maximum atomic E-state index is 3.60. The Morgan fingerprint density at radius 3 is 2.46 bits per heavy atom. The molecule has 1 N–H and O–H groups in total. The fourth-order valence-electron chi connectivity index (χ4n) is 2.23. The van der Waals surface area contributed by atoms with E-state index in [1.165, 1.54) is 38.8 Å². The maximum absolute atomic E-state index is 3.60. The molecule has 0 unspecified atom stereocenters. The zero-order valence-corrected chi connectivity index (χ0v) is 8.97. The predicted molar refractivity (Wildman–Crippen MR) is 55.8 cm³/mol. The Morgan fingerprint density at radius 2 is 2.00 bits per heavy atom. The first-order valence-corrected chi connectivity index (χ1v) is 5.58. The highest BCUT2D eigenvalue weighted by Crippen LogP contribution is 2.60. The van der Waals surface area contributed by atoms with E-state index >= 15 is 0 Å². The quantitative estimate of drug-likeness (QED) is 0.623. The number of hydrogen-bond acceptors (Lipinski definition) is 2. The van der Waals surface area contributed by atoms with E-state index in [0.717, 1.165) is 17.9 Å². The van der Waals surface area contributed by atoms with Crippen LogP contribution in [-0.2, 0) is 0 Å². The van der Waals surface area contributed by atoms with Gasteiger partial charge in [0, 0.05) is 19.6 Å². The summed E-state index contributed by atoms with van der Waals surface area (Å²) in [5.41, 5.74) is 0.770. The van der Waals surface area contributed by atoms with Gasteiger partial charge in [-0.05, 0) is 51.1 Å². The molecular weight excluding hydrogens is 160 g/mol. The second kappa shape index (κ2) is 3.58. The minimum absolute atomic E-state index is 0.770. The molecule has 2 aliphatic rings. The number of likely N-dealkylation sites (N-methyl/N-ethyl adjacent to an activating group) is 1. The van der Waals surface area contributed by atoms with Crippen LogP contribution in [0, 0.1) is 11.3 Å². The SMILES string of the molecule is CN(C)CCNCC1(C2CC2)CC1. The third-order valence-electron chi connectivity index (χ3n) is 3.55. The molecule has 0 heterocycles. The molecular formula is C11H22N2. The molecule has 2 rings (SSSR count). The smallest absolute Gasteiger partial charge is 0.0101 e. The summed E-state index contributed by atoms with van der Waals surface area (Å²) in [6.07, 6.45) is 6.00. The van der Waals surface area contributed by atoms with Crippen molar-refractivity contribution in [1.29, 1.82) is 0 Å². The molecule has 2 fully saturated rings. The summed E-state index contributed by atoms with van der Waals surface area (Å²) in [7, 11) is 4.27. The molecule has 0 aromatic heterocycles. The second-order valence-electron chi connectivity index (χ2n) is 5.12. The normalized spacial score (nSPS) is 25.2. The van der Waals surface area contributed by atoms with Gasteiger partial charge in [0.25, 0.3) is 0 Å². The molecule has 0 saturated heterocycles. The zero-order valence-electron chi connectivity index (χ0n) is 8.97. The van der Waals surface area contributed by atoms with Crippen LogP contribution in [0.1, 0.15) is 25.7 Å². The van der Waals surface area contributed by atoms with Crippen molar-refractivity contribution in [1.82, 2.24) is 10.2 Å². The first-order chi connectivity index (χ1) is 6.23. The summed E-state index contributed by atoms with van der Waals surface area (Å²) in [5.74, 6) is 1.10. The van der Waals surface area contributed by atoms with E-state index in [1.807, 2.05) is 0 Å². The number of hydrogen-bond donors (Lipinski definition) is 1. The molecule has 0 bridgehead atoms. The average molecular weight is 182 g/mol. The molecule has 0 aromatic carbocycles. The highest BCUT2D eigenvalue weighted by Gasteiger charge is 2.52. The lowest BCUT2D eigenvalue weighted by molar-refractivity contribution is 0.363. The van der Waals surface area contributed by atoms with Crippen LogP contribution in [0.4, 0.5) is 0 Å². The summed E-state index contributed by atoms with van der Waals surface area (Å²) in [6, 6.07) is 0. The minimum Gasteiger partial charge on any atom is -0.315 e. The van der Waals surface area contributed by atoms with Gasteiger partial charge in [-0.3, -0.25) is 0 Å². The summed E-state index contributed by atoms with van der Waals surface area (Å²) in [5, 5.41) is 3.60. The van der Waals surface area contributed by atoms with Crippen molar-refractivity contribution in [3.05, 3.63) is 0 Å². The van der Waals surface area contributed by atoms with Gasteiger partial charge >= 0.3 is 0 Å². The van der Waals surface area contributed by atoms with Gasteiger partial charge in [-0.25, -0.2) is 0 Å². The Hall–Kier alpha value is -0.0800. The molecule has 0 aliphatic heterocycles. The molecule has 13 heavy (non-hydrogen) atoms. The van der Waals surface area contributed by atoms with E-state index in [-0.39, 0.29) is 0 Å². The Balaban J connectivity index is 1.57. The van der Waals surface area contributed by atoms with E-state index in [0.29, 0.717) is 0 Å². The van der Waals surface area contributed by atoms with Gasteiger partial charge in [0.1, 0.15) is 0 Å². The van der Waals surface area contributed by atoms with Crippen LogP contribution in [0.3, 0.4) is 0 Å². The summed E-state index contributed by atoms with van der Waals surface area (Å²) >= 11 is 0. The zero-order chi connectivity index (χ0) is 9.31. The van der Waals surface area contributed by atoms with Crippen molar-refractivity contribution < 1.29 is 0 Å². The highest BCUT2D eigenvalue weighted by atomic mass is 15.1. The molecule has 0 radical (unpaired) electrons. The highest BCUT2D eigenvalue weighted by molar-refractivity contribution is 5.04. The van der Waals surface area contributed by atoms with Gasteiger partial charge in [0.05, 0.1) is 0 Å². The Morgan fingerprint density at radius 1 is 1.31 bits per heavy atom. The summed E-state index contributed by atoms with van der Waals surface area (Å²) in [6.45, 7) is 3.60. The molecule has 76 valence electrons. The second-order valence-corrected chi connectivity index (χ2v) is 5.12. The fourth-order valence-corrected chi connectivity index (χ4v) is 2.23. The summed E-state index contributed by atoms with van der Waals surface area (Å²) in [4.78, 5) is 2.24. The first-order valence-electron chi connectivity index (χ1n) is 5.58. The molecule has 2 nitrogen and oxygen atoms in total. The van der Waals surface area contributed by atoms with Gasteiger partial charge < -0.3 is 10.2 Å². The Bertz CT molecular complexity index is 169.